The summed E-state index contributed by atoms with van der Waals surface area (Å²) < 4.78 is 5.61. The van der Waals surface area contributed by atoms with E-state index in [1.54, 1.807) is 6.20 Å². The van der Waals surface area contributed by atoms with Gasteiger partial charge < -0.3 is 4.74 Å². The average molecular weight is 430 g/mol. The number of pyridine rings is 1. The second-order valence-corrected chi connectivity index (χ2v) is 9.70. The van der Waals surface area contributed by atoms with Gasteiger partial charge in [-0.3, -0.25) is 9.78 Å². The molecule has 1 aromatic heterocycles. The van der Waals surface area contributed by atoms with Crippen molar-refractivity contribution in [2.75, 3.05) is 0 Å². The van der Waals surface area contributed by atoms with Crippen LogP contribution in [0.4, 0.5) is 0 Å². The van der Waals surface area contributed by atoms with Gasteiger partial charge in [-0.05, 0) is 56.6 Å². The van der Waals surface area contributed by atoms with Crippen LogP contribution in [-0.4, -0.2) is 11.0 Å². The van der Waals surface area contributed by atoms with E-state index < -0.39 is 0 Å². The fourth-order valence-corrected chi connectivity index (χ4v) is 4.78. The van der Waals surface area contributed by atoms with Gasteiger partial charge in [-0.15, -0.1) is 0 Å². The first-order valence-electron chi connectivity index (χ1n) is 13.4. The van der Waals surface area contributed by atoms with Crippen LogP contribution in [0.1, 0.15) is 129 Å². The molecule has 1 aliphatic carbocycles. The van der Waals surface area contributed by atoms with Crippen molar-refractivity contribution in [3.63, 3.8) is 0 Å². The number of hydrogen-bond donors (Lipinski definition) is 0. The van der Waals surface area contributed by atoms with Crippen molar-refractivity contribution in [2.45, 2.75) is 129 Å². The summed E-state index contributed by atoms with van der Waals surface area (Å²) >= 11 is 0. The van der Waals surface area contributed by atoms with E-state index in [1.165, 1.54) is 89.9 Å². The summed E-state index contributed by atoms with van der Waals surface area (Å²) in [5, 5.41) is 0. The number of nitrogens with zero attached hydrogens (tertiary/aromatic N) is 1. The van der Waals surface area contributed by atoms with E-state index in [4.69, 9.17) is 4.74 Å². The molecular formula is C28H47NO2. The van der Waals surface area contributed by atoms with E-state index >= 15 is 0 Å². The Labute approximate surface area is 191 Å². The monoisotopic (exact) mass is 429 g/mol. The van der Waals surface area contributed by atoms with Crippen LogP contribution in [0.3, 0.4) is 0 Å². The van der Waals surface area contributed by atoms with Crippen molar-refractivity contribution in [3.05, 3.63) is 24.0 Å². The van der Waals surface area contributed by atoms with Crippen molar-refractivity contribution < 1.29 is 9.53 Å². The van der Waals surface area contributed by atoms with Crippen LogP contribution in [0.2, 0.25) is 0 Å². The molecule has 0 spiro atoms. The Morgan fingerprint density at radius 3 is 2.03 bits per heavy atom. The van der Waals surface area contributed by atoms with Crippen LogP contribution < -0.4 is 4.74 Å². The Kier molecular flexibility index (Phi) is 13.6. The number of aryl methyl sites for hydroxylation is 1. The molecule has 3 heteroatoms. The van der Waals surface area contributed by atoms with E-state index in [0.717, 1.165) is 37.3 Å². The molecule has 0 N–H and O–H groups in total. The lowest BCUT2D eigenvalue weighted by atomic mass is 9.80. The van der Waals surface area contributed by atoms with Gasteiger partial charge in [-0.1, -0.05) is 90.9 Å². The van der Waals surface area contributed by atoms with Crippen LogP contribution in [0, 0.1) is 11.8 Å². The molecule has 1 heterocycles. The lowest BCUT2D eigenvalue weighted by Gasteiger charge is -2.27. The van der Waals surface area contributed by atoms with Gasteiger partial charge in [0.25, 0.3) is 0 Å². The number of hydrogen-bond acceptors (Lipinski definition) is 3. The quantitative estimate of drug-likeness (QED) is 0.195. The lowest BCUT2D eigenvalue weighted by Crippen LogP contribution is -2.25. The molecule has 0 aromatic carbocycles. The topological polar surface area (TPSA) is 39.2 Å². The summed E-state index contributed by atoms with van der Waals surface area (Å²) in [5.41, 5.74) is 1.08. The first kappa shape index (κ1) is 25.9. The van der Waals surface area contributed by atoms with Gasteiger partial charge in [0.05, 0.1) is 12.1 Å². The highest BCUT2D eigenvalue weighted by molar-refractivity contribution is 5.75. The molecule has 0 atom stereocenters. The summed E-state index contributed by atoms with van der Waals surface area (Å²) in [6, 6.07) is 3.88. The van der Waals surface area contributed by atoms with Crippen molar-refractivity contribution in [1.82, 2.24) is 4.98 Å². The normalized spacial score (nSPS) is 18.8. The Hall–Kier alpha value is -1.38. The largest absolute Gasteiger partial charge is 0.425 e. The number of rotatable bonds is 16. The fraction of sp³-hybridized carbons (Fsp3) is 0.786. The molecular weight excluding hydrogens is 382 g/mol. The molecule has 3 nitrogen and oxygen atoms in total. The zero-order chi connectivity index (χ0) is 22.2. The average Bonchev–Trinajstić information content (AvgIpc) is 2.80. The van der Waals surface area contributed by atoms with E-state index in [1.807, 2.05) is 12.1 Å². The third kappa shape index (κ3) is 11.2. The first-order chi connectivity index (χ1) is 15.2. The molecule has 0 aliphatic heterocycles. The minimum atomic E-state index is -0.0551. The van der Waals surface area contributed by atoms with E-state index in [9.17, 15) is 4.79 Å². The number of unbranched alkanes of at least 4 members (excludes halogenated alkanes) is 10. The lowest BCUT2D eigenvalue weighted by molar-refractivity contribution is -0.140. The smallest absolute Gasteiger partial charge is 0.314 e. The molecule has 0 unspecified atom stereocenters. The summed E-state index contributed by atoms with van der Waals surface area (Å²) in [4.78, 5) is 17.0. The minimum absolute atomic E-state index is 0.0551. The molecule has 31 heavy (non-hydrogen) atoms. The second-order valence-electron chi connectivity index (χ2n) is 9.70. The van der Waals surface area contributed by atoms with Gasteiger partial charge in [-0.25, -0.2) is 0 Å². The van der Waals surface area contributed by atoms with Crippen molar-refractivity contribution in [1.29, 1.82) is 0 Å². The highest BCUT2D eigenvalue weighted by atomic mass is 16.5. The van der Waals surface area contributed by atoms with Crippen molar-refractivity contribution >= 4 is 5.97 Å². The molecule has 1 aliphatic rings. The molecule has 0 bridgehead atoms. The SMILES string of the molecule is CCCCCCCCCCCCC1CCC(C(=O)Oc2ccc(CCCC)nc2)CC1. The number of esters is 1. The van der Waals surface area contributed by atoms with Gasteiger partial charge in [0, 0.05) is 5.69 Å². The van der Waals surface area contributed by atoms with Gasteiger partial charge in [-0.2, -0.15) is 0 Å². The number of aromatic nitrogens is 1. The van der Waals surface area contributed by atoms with Gasteiger partial charge in [0.15, 0.2) is 0 Å². The third-order valence-corrected chi connectivity index (χ3v) is 6.95. The summed E-state index contributed by atoms with van der Waals surface area (Å²) in [6.07, 6.45) is 24.7. The second kappa shape index (κ2) is 16.3. The molecule has 0 saturated heterocycles. The molecule has 176 valence electrons. The van der Waals surface area contributed by atoms with Crippen LogP contribution in [0.25, 0.3) is 0 Å². The highest BCUT2D eigenvalue weighted by Gasteiger charge is 2.27. The summed E-state index contributed by atoms with van der Waals surface area (Å²) in [6.45, 7) is 4.46. The molecule has 0 amide bonds. The molecule has 1 saturated carbocycles. The zero-order valence-electron chi connectivity index (χ0n) is 20.4. The molecule has 1 fully saturated rings. The maximum atomic E-state index is 12.5. The third-order valence-electron chi connectivity index (χ3n) is 6.95. The predicted octanol–water partition coefficient (Wildman–Crippen LogP) is 8.45. The van der Waals surface area contributed by atoms with Gasteiger partial charge in [0.2, 0.25) is 0 Å². The Morgan fingerprint density at radius 2 is 1.45 bits per heavy atom. The Morgan fingerprint density at radius 1 is 0.839 bits per heavy atom. The van der Waals surface area contributed by atoms with Crippen LogP contribution in [-0.2, 0) is 11.2 Å². The summed E-state index contributed by atoms with van der Waals surface area (Å²) in [7, 11) is 0. The van der Waals surface area contributed by atoms with Gasteiger partial charge >= 0.3 is 5.97 Å². The predicted molar refractivity (Wildman–Crippen MR) is 130 cm³/mol. The minimum Gasteiger partial charge on any atom is -0.425 e. The van der Waals surface area contributed by atoms with Crippen LogP contribution in [0.5, 0.6) is 5.75 Å². The fourth-order valence-electron chi connectivity index (χ4n) is 4.78. The van der Waals surface area contributed by atoms with Crippen LogP contribution in [0.15, 0.2) is 18.3 Å². The van der Waals surface area contributed by atoms with Crippen molar-refractivity contribution in [2.24, 2.45) is 11.8 Å². The maximum absolute atomic E-state index is 12.5. The maximum Gasteiger partial charge on any atom is 0.314 e. The number of ether oxygens (including phenoxy) is 1. The highest BCUT2D eigenvalue weighted by Crippen LogP contribution is 2.33. The van der Waals surface area contributed by atoms with E-state index in [2.05, 4.69) is 18.8 Å². The summed E-state index contributed by atoms with van der Waals surface area (Å²) in [5.74, 6) is 1.43. The number of carbonyl (C=O) groups is 1. The van der Waals surface area contributed by atoms with Crippen LogP contribution >= 0.6 is 0 Å². The molecule has 0 radical (unpaired) electrons. The van der Waals surface area contributed by atoms with E-state index in [-0.39, 0.29) is 11.9 Å². The first-order valence-corrected chi connectivity index (χ1v) is 13.4. The molecule has 1 aromatic rings. The standard InChI is InChI=1S/C28H47NO2/c1-3-5-7-8-9-10-11-12-13-14-15-24-17-19-25(20-18-24)28(30)31-27-22-21-26(29-23-27)16-6-4-2/h21-25H,3-20H2,1-2H3. The Bertz CT molecular complexity index is 575. The number of carbonyl (C=O) groups excluding carboxylic acids is 1. The van der Waals surface area contributed by atoms with Gasteiger partial charge in [0.1, 0.15) is 5.75 Å². The van der Waals surface area contributed by atoms with E-state index in [0.29, 0.717) is 5.75 Å². The van der Waals surface area contributed by atoms with Crippen molar-refractivity contribution in [3.8, 4) is 5.75 Å². The zero-order valence-corrected chi connectivity index (χ0v) is 20.4. The Balaban J connectivity index is 1.51. The molecule has 2 rings (SSSR count).